The van der Waals surface area contributed by atoms with Crippen molar-refractivity contribution in [1.82, 2.24) is 4.98 Å². The summed E-state index contributed by atoms with van der Waals surface area (Å²) in [6.45, 7) is 2.33. The lowest BCUT2D eigenvalue weighted by molar-refractivity contribution is 0.349. The van der Waals surface area contributed by atoms with Crippen molar-refractivity contribution in [3.8, 4) is 0 Å². The van der Waals surface area contributed by atoms with Crippen LogP contribution < -0.4 is 0 Å². The number of fused-ring (bicyclic) bond motifs is 1. The van der Waals surface area contributed by atoms with E-state index < -0.39 is 0 Å². The van der Waals surface area contributed by atoms with Crippen LogP contribution in [0.2, 0.25) is 0 Å². The van der Waals surface area contributed by atoms with Gasteiger partial charge in [0.2, 0.25) is 0 Å². The van der Waals surface area contributed by atoms with Gasteiger partial charge in [0.15, 0.2) is 0 Å². The van der Waals surface area contributed by atoms with E-state index in [0.29, 0.717) is 5.92 Å². The molecule has 1 aliphatic rings. The van der Waals surface area contributed by atoms with Gasteiger partial charge in [-0.3, -0.25) is 0 Å². The lowest BCUT2D eigenvalue weighted by Crippen LogP contribution is -2.10. The van der Waals surface area contributed by atoms with Gasteiger partial charge in [0.05, 0.1) is 0 Å². The van der Waals surface area contributed by atoms with Crippen molar-refractivity contribution in [3.05, 3.63) is 35.8 Å². The largest absolute Gasteiger partial charge is 0.361 e. The summed E-state index contributed by atoms with van der Waals surface area (Å²) in [5.41, 5.74) is 2.31. The standard InChI is InChI=1S/C15H18FN/c1-10-2-4-11(5-3-10)14-9-17-15-8-12(16)6-7-13(14)15/h6-11,17H,2-5H2,1H3. The Morgan fingerprint density at radius 2 is 1.94 bits per heavy atom. The van der Waals surface area contributed by atoms with Gasteiger partial charge < -0.3 is 4.98 Å². The van der Waals surface area contributed by atoms with E-state index in [4.69, 9.17) is 0 Å². The molecule has 0 spiro atoms. The third kappa shape index (κ3) is 1.97. The Morgan fingerprint density at radius 3 is 2.71 bits per heavy atom. The van der Waals surface area contributed by atoms with Gasteiger partial charge in [-0.1, -0.05) is 19.8 Å². The van der Waals surface area contributed by atoms with Crippen LogP contribution in [0.4, 0.5) is 4.39 Å². The van der Waals surface area contributed by atoms with E-state index in [1.165, 1.54) is 36.6 Å². The van der Waals surface area contributed by atoms with Crippen LogP contribution >= 0.6 is 0 Å². The Bertz CT molecular complexity index is 521. The number of halogens is 1. The minimum absolute atomic E-state index is 0.164. The van der Waals surface area contributed by atoms with Crippen molar-refractivity contribution >= 4 is 10.9 Å². The molecule has 3 rings (SSSR count). The molecule has 90 valence electrons. The number of benzene rings is 1. The molecular weight excluding hydrogens is 213 g/mol. The SMILES string of the molecule is CC1CCC(c2c[nH]c3cc(F)ccc23)CC1. The Kier molecular flexibility index (Phi) is 2.65. The van der Waals surface area contributed by atoms with Crippen LogP contribution in [0.1, 0.15) is 44.1 Å². The van der Waals surface area contributed by atoms with Gasteiger partial charge in [-0.15, -0.1) is 0 Å². The first-order valence-corrected chi connectivity index (χ1v) is 6.50. The van der Waals surface area contributed by atoms with E-state index in [9.17, 15) is 4.39 Å². The van der Waals surface area contributed by atoms with Gasteiger partial charge in [-0.25, -0.2) is 4.39 Å². The molecule has 1 aliphatic carbocycles. The maximum atomic E-state index is 13.1. The highest BCUT2D eigenvalue weighted by Gasteiger charge is 2.21. The summed E-state index contributed by atoms with van der Waals surface area (Å²) in [5.74, 6) is 1.36. The highest BCUT2D eigenvalue weighted by atomic mass is 19.1. The summed E-state index contributed by atoms with van der Waals surface area (Å²) >= 11 is 0. The second kappa shape index (κ2) is 4.17. The second-order valence-electron chi connectivity index (χ2n) is 5.39. The van der Waals surface area contributed by atoms with Gasteiger partial charge in [-0.05, 0) is 48.4 Å². The fourth-order valence-corrected chi connectivity index (χ4v) is 3.03. The number of nitrogens with one attached hydrogen (secondary N) is 1. The molecule has 1 N–H and O–H groups in total. The van der Waals surface area contributed by atoms with Gasteiger partial charge in [0.1, 0.15) is 5.82 Å². The van der Waals surface area contributed by atoms with Crippen LogP contribution in [0.25, 0.3) is 10.9 Å². The zero-order valence-corrected chi connectivity index (χ0v) is 10.2. The third-order valence-corrected chi connectivity index (χ3v) is 4.13. The summed E-state index contributed by atoms with van der Waals surface area (Å²) < 4.78 is 13.1. The maximum Gasteiger partial charge on any atom is 0.125 e. The third-order valence-electron chi connectivity index (χ3n) is 4.13. The molecule has 0 aliphatic heterocycles. The molecule has 1 heterocycles. The maximum absolute atomic E-state index is 13.1. The number of hydrogen-bond donors (Lipinski definition) is 1. The minimum atomic E-state index is -0.164. The van der Waals surface area contributed by atoms with Gasteiger partial charge in [0, 0.05) is 17.1 Å². The van der Waals surface area contributed by atoms with Crippen molar-refractivity contribution in [2.24, 2.45) is 5.92 Å². The quantitative estimate of drug-likeness (QED) is 0.738. The highest BCUT2D eigenvalue weighted by molar-refractivity contribution is 5.83. The second-order valence-corrected chi connectivity index (χ2v) is 5.39. The molecule has 0 bridgehead atoms. The van der Waals surface area contributed by atoms with E-state index in [0.717, 1.165) is 11.4 Å². The van der Waals surface area contributed by atoms with Crippen molar-refractivity contribution in [3.63, 3.8) is 0 Å². The highest BCUT2D eigenvalue weighted by Crippen LogP contribution is 2.38. The molecule has 2 heteroatoms. The molecule has 17 heavy (non-hydrogen) atoms. The Morgan fingerprint density at radius 1 is 1.18 bits per heavy atom. The number of aromatic amines is 1. The van der Waals surface area contributed by atoms with E-state index in [-0.39, 0.29) is 5.82 Å². The molecule has 1 fully saturated rings. The lowest BCUT2D eigenvalue weighted by Gasteiger charge is -2.25. The molecule has 1 aromatic carbocycles. The molecule has 1 aromatic heterocycles. The fourth-order valence-electron chi connectivity index (χ4n) is 3.03. The molecule has 1 saturated carbocycles. The van der Waals surface area contributed by atoms with Crippen LogP contribution in [0, 0.1) is 11.7 Å². The Hall–Kier alpha value is -1.31. The van der Waals surface area contributed by atoms with Crippen molar-refractivity contribution in [2.75, 3.05) is 0 Å². The normalized spacial score (nSPS) is 25.3. The van der Waals surface area contributed by atoms with E-state index in [1.807, 2.05) is 6.07 Å². The topological polar surface area (TPSA) is 15.8 Å². The number of H-pyrrole nitrogens is 1. The van der Waals surface area contributed by atoms with Crippen molar-refractivity contribution < 1.29 is 4.39 Å². The summed E-state index contributed by atoms with van der Waals surface area (Å²) in [5, 5.41) is 1.20. The van der Waals surface area contributed by atoms with E-state index >= 15 is 0 Å². The van der Waals surface area contributed by atoms with Crippen LogP contribution in [0.3, 0.4) is 0 Å². The zero-order valence-electron chi connectivity index (χ0n) is 10.2. The molecule has 1 nitrogen and oxygen atoms in total. The summed E-state index contributed by atoms with van der Waals surface area (Å²) in [4.78, 5) is 3.20. The van der Waals surface area contributed by atoms with Gasteiger partial charge in [-0.2, -0.15) is 0 Å². The Balaban J connectivity index is 1.95. The number of aromatic nitrogens is 1. The molecule has 0 unspecified atom stereocenters. The summed E-state index contributed by atoms with van der Waals surface area (Å²) in [6, 6.07) is 5.06. The fraction of sp³-hybridized carbons (Fsp3) is 0.467. The molecule has 0 amide bonds. The Labute approximate surface area is 101 Å². The molecular formula is C15H18FN. The monoisotopic (exact) mass is 231 g/mol. The first kappa shape index (κ1) is 10.8. The summed E-state index contributed by atoms with van der Waals surface area (Å²) in [6.07, 6.45) is 7.25. The number of hydrogen-bond acceptors (Lipinski definition) is 0. The van der Waals surface area contributed by atoms with E-state index in [2.05, 4.69) is 18.1 Å². The summed E-state index contributed by atoms with van der Waals surface area (Å²) in [7, 11) is 0. The molecule has 0 saturated heterocycles. The minimum Gasteiger partial charge on any atom is -0.361 e. The average molecular weight is 231 g/mol. The first-order valence-electron chi connectivity index (χ1n) is 6.50. The smallest absolute Gasteiger partial charge is 0.125 e. The van der Waals surface area contributed by atoms with Gasteiger partial charge in [0.25, 0.3) is 0 Å². The van der Waals surface area contributed by atoms with Crippen LogP contribution in [0.5, 0.6) is 0 Å². The van der Waals surface area contributed by atoms with Crippen molar-refractivity contribution in [2.45, 2.75) is 38.5 Å². The molecule has 0 radical (unpaired) electrons. The number of rotatable bonds is 1. The predicted molar refractivity (Wildman–Crippen MR) is 68.6 cm³/mol. The van der Waals surface area contributed by atoms with Crippen LogP contribution in [0.15, 0.2) is 24.4 Å². The predicted octanol–water partition coefficient (Wildman–Crippen LogP) is 4.60. The van der Waals surface area contributed by atoms with Crippen LogP contribution in [-0.2, 0) is 0 Å². The lowest BCUT2D eigenvalue weighted by atomic mass is 9.79. The zero-order chi connectivity index (χ0) is 11.8. The van der Waals surface area contributed by atoms with Gasteiger partial charge >= 0.3 is 0 Å². The molecule has 0 atom stereocenters. The van der Waals surface area contributed by atoms with Crippen molar-refractivity contribution in [1.29, 1.82) is 0 Å². The van der Waals surface area contributed by atoms with E-state index in [1.54, 1.807) is 12.1 Å². The van der Waals surface area contributed by atoms with Crippen LogP contribution in [-0.4, -0.2) is 4.98 Å². The average Bonchev–Trinajstić information content (AvgIpc) is 2.73. The molecule has 2 aromatic rings. The first-order chi connectivity index (χ1) is 8.24.